The quantitative estimate of drug-likeness (QED) is 0.426. The van der Waals surface area contributed by atoms with Crippen molar-refractivity contribution in [1.29, 1.82) is 0 Å². The number of anilines is 1. The third-order valence-electron chi connectivity index (χ3n) is 4.96. The number of thiazole rings is 1. The molecule has 3 aromatic rings. The number of aryl methyl sites for hydroxylation is 1. The topological polar surface area (TPSA) is 45.7 Å². The van der Waals surface area contributed by atoms with Gasteiger partial charge in [-0.15, -0.1) is 23.7 Å². The molecule has 0 aliphatic carbocycles. The Hall–Kier alpha value is -0.930. The smallest absolute Gasteiger partial charge is 0.270 e. The highest BCUT2D eigenvalue weighted by atomic mass is 35.5. The van der Waals surface area contributed by atoms with Crippen LogP contribution >= 0.6 is 58.3 Å². The van der Waals surface area contributed by atoms with Crippen LogP contribution in [-0.2, 0) is 4.74 Å². The molecule has 1 aliphatic heterocycles. The van der Waals surface area contributed by atoms with Crippen molar-refractivity contribution in [3.05, 3.63) is 44.1 Å². The summed E-state index contributed by atoms with van der Waals surface area (Å²) >= 11 is 15.1. The Morgan fingerprint density at radius 3 is 2.67 bits per heavy atom. The van der Waals surface area contributed by atoms with Crippen molar-refractivity contribution in [1.82, 2.24) is 9.88 Å². The predicted octanol–water partition coefficient (Wildman–Crippen LogP) is 5.76. The zero-order valence-electron chi connectivity index (χ0n) is 16.4. The molecule has 0 atom stereocenters. The third kappa shape index (κ3) is 5.27. The minimum atomic E-state index is -0.0633. The van der Waals surface area contributed by atoms with E-state index >= 15 is 0 Å². The van der Waals surface area contributed by atoms with Gasteiger partial charge in [-0.1, -0.05) is 34.5 Å². The van der Waals surface area contributed by atoms with Crippen LogP contribution in [0, 0.1) is 6.92 Å². The number of carbonyl (C=O) groups excluding carboxylic acids is 1. The highest BCUT2D eigenvalue weighted by Crippen LogP contribution is 2.35. The molecular formula is C20H22Cl3N3O2S2. The average Bonchev–Trinajstić information content (AvgIpc) is 3.35. The van der Waals surface area contributed by atoms with Crippen LogP contribution in [0.4, 0.5) is 5.13 Å². The van der Waals surface area contributed by atoms with Gasteiger partial charge in [-0.05, 0) is 43.2 Å². The first-order valence-corrected chi connectivity index (χ1v) is 11.8. The van der Waals surface area contributed by atoms with Gasteiger partial charge in [0.25, 0.3) is 5.91 Å². The summed E-state index contributed by atoms with van der Waals surface area (Å²) in [6.45, 7) is 6.90. The Kier molecular flexibility index (Phi) is 8.38. The van der Waals surface area contributed by atoms with Gasteiger partial charge in [0.15, 0.2) is 5.13 Å². The van der Waals surface area contributed by atoms with E-state index in [1.807, 2.05) is 19.1 Å². The second kappa shape index (κ2) is 10.6. The number of fused-ring (bicyclic) bond motifs is 1. The van der Waals surface area contributed by atoms with Gasteiger partial charge in [0.05, 0.1) is 32.6 Å². The van der Waals surface area contributed by atoms with E-state index in [4.69, 9.17) is 32.9 Å². The van der Waals surface area contributed by atoms with Crippen molar-refractivity contribution in [2.45, 2.75) is 13.3 Å². The number of thiophene rings is 1. The minimum Gasteiger partial charge on any atom is -0.379 e. The van der Waals surface area contributed by atoms with E-state index in [1.165, 1.54) is 22.7 Å². The molecule has 30 heavy (non-hydrogen) atoms. The molecule has 1 aliphatic rings. The van der Waals surface area contributed by atoms with Crippen molar-refractivity contribution in [3.8, 4) is 0 Å². The lowest BCUT2D eigenvalue weighted by Crippen LogP contribution is -2.39. The lowest BCUT2D eigenvalue weighted by molar-refractivity contribution is 0.0376. The summed E-state index contributed by atoms with van der Waals surface area (Å²) in [5, 5.41) is 1.38. The largest absolute Gasteiger partial charge is 0.379 e. The fraction of sp³-hybridized carbons (Fsp3) is 0.400. The Balaban J connectivity index is 0.00000256. The lowest BCUT2D eigenvalue weighted by Gasteiger charge is -2.27. The van der Waals surface area contributed by atoms with Crippen molar-refractivity contribution < 1.29 is 9.53 Å². The van der Waals surface area contributed by atoms with Crippen LogP contribution in [-0.4, -0.2) is 55.2 Å². The minimum absolute atomic E-state index is 0. The number of morpholine rings is 1. The third-order valence-corrected chi connectivity index (χ3v) is 7.63. The lowest BCUT2D eigenvalue weighted by atomic mass is 10.2. The maximum atomic E-state index is 13.3. The molecule has 5 nitrogen and oxygen atoms in total. The SMILES string of the molecule is Cc1c(Cl)ccc2sc(N(CCCN3CCOCC3)C(=O)c3ccc(Cl)s3)nc12.Cl. The standard InChI is InChI=1S/C20H21Cl2N3O2S2.ClH/c1-13-14(21)3-4-15-18(13)23-20(29-15)25(19(26)16-5-6-17(22)28-16)8-2-7-24-9-11-27-12-10-24;/h3-6H,2,7-12H2,1H3;1H. The van der Waals surface area contributed by atoms with Gasteiger partial charge < -0.3 is 4.74 Å². The number of ether oxygens (including phenoxy) is 1. The second-order valence-corrected chi connectivity index (χ2v) is 10.0. The number of carbonyl (C=O) groups is 1. The van der Waals surface area contributed by atoms with E-state index in [0.29, 0.717) is 25.9 Å². The van der Waals surface area contributed by atoms with Crippen molar-refractivity contribution >= 4 is 79.5 Å². The molecule has 0 bridgehead atoms. The van der Waals surface area contributed by atoms with E-state index in [9.17, 15) is 4.79 Å². The van der Waals surface area contributed by atoms with E-state index in [-0.39, 0.29) is 18.3 Å². The van der Waals surface area contributed by atoms with Gasteiger partial charge in [-0.2, -0.15) is 0 Å². The summed E-state index contributed by atoms with van der Waals surface area (Å²) in [4.78, 5) is 22.8. The number of benzene rings is 1. The molecule has 1 fully saturated rings. The van der Waals surface area contributed by atoms with Crippen LogP contribution in [0.2, 0.25) is 9.36 Å². The van der Waals surface area contributed by atoms with Gasteiger partial charge in [0, 0.05) is 31.2 Å². The highest BCUT2D eigenvalue weighted by Gasteiger charge is 2.23. The van der Waals surface area contributed by atoms with Crippen LogP contribution in [0.1, 0.15) is 21.7 Å². The van der Waals surface area contributed by atoms with E-state index in [1.54, 1.807) is 17.0 Å². The predicted molar refractivity (Wildman–Crippen MR) is 129 cm³/mol. The molecular weight excluding hydrogens is 485 g/mol. The average molecular weight is 507 g/mol. The van der Waals surface area contributed by atoms with Gasteiger partial charge in [0.1, 0.15) is 0 Å². The van der Waals surface area contributed by atoms with Crippen molar-refractivity contribution in [3.63, 3.8) is 0 Å². The molecule has 0 saturated carbocycles. The molecule has 1 aromatic carbocycles. The molecule has 0 radical (unpaired) electrons. The van der Waals surface area contributed by atoms with Crippen LogP contribution < -0.4 is 4.90 Å². The van der Waals surface area contributed by atoms with Crippen LogP contribution in [0.15, 0.2) is 24.3 Å². The summed E-state index contributed by atoms with van der Waals surface area (Å²) in [6, 6.07) is 7.38. The molecule has 10 heteroatoms. The summed E-state index contributed by atoms with van der Waals surface area (Å²) in [7, 11) is 0. The summed E-state index contributed by atoms with van der Waals surface area (Å²) in [5.74, 6) is -0.0633. The number of hydrogen-bond acceptors (Lipinski definition) is 6. The maximum absolute atomic E-state index is 13.3. The molecule has 4 rings (SSSR count). The maximum Gasteiger partial charge on any atom is 0.270 e. The highest BCUT2D eigenvalue weighted by molar-refractivity contribution is 7.22. The Morgan fingerprint density at radius 2 is 1.97 bits per heavy atom. The normalized spacial score (nSPS) is 14.6. The first-order chi connectivity index (χ1) is 14.0. The molecule has 1 saturated heterocycles. The molecule has 3 heterocycles. The number of rotatable bonds is 6. The van der Waals surface area contributed by atoms with Crippen molar-refractivity contribution in [2.75, 3.05) is 44.3 Å². The van der Waals surface area contributed by atoms with E-state index in [0.717, 1.165) is 55.0 Å². The molecule has 0 spiro atoms. The zero-order chi connectivity index (χ0) is 20.4. The molecule has 1 amide bonds. The Labute approximate surface area is 200 Å². The fourth-order valence-corrected chi connectivity index (χ4v) is 5.52. The number of hydrogen-bond donors (Lipinski definition) is 0. The molecule has 162 valence electrons. The first-order valence-electron chi connectivity index (χ1n) is 9.46. The van der Waals surface area contributed by atoms with Crippen LogP contribution in [0.5, 0.6) is 0 Å². The summed E-state index contributed by atoms with van der Waals surface area (Å²) in [5.41, 5.74) is 1.79. The molecule has 2 aromatic heterocycles. The van der Waals surface area contributed by atoms with E-state index in [2.05, 4.69) is 4.90 Å². The van der Waals surface area contributed by atoms with Gasteiger partial charge >= 0.3 is 0 Å². The Morgan fingerprint density at radius 1 is 1.20 bits per heavy atom. The van der Waals surface area contributed by atoms with Crippen LogP contribution in [0.3, 0.4) is 0 Å². The monoisotopic (exact) mass is 505 g/mol. The Bertz CT molecular complexity index is 1020. The van der Waals surface area contributed by atoms with Gasteiger partial charge in [0.2, 0.25) is 0 Å². The second-order valence-electron chi connectivity index (χ2n) is 6.88. The van der Waals surface area contributed by atoms with Crippen LogP contribution in [0.25, 0.3) is 10.2 Å². The molecule has 0 N–H and O–H groups in total. The van der Waals surface area contributed by atoms with Gasteiger partial charge in [-0.25, -0.2) is 4.98 Å². The van der Waals surface area contributed by atoms with E-state index < -0.39 is 0 Å². The molecule has 0 unspecified atom stereocenters. The number of amides is 1. The number of nitrogens with zero attached hydrogens (tertiary/aromatic N) is 3. The van der Waals surface area contributed by atoms with Gasteiger partial charge in [-0.3, -0.25) is 14.6 Å². The first kappa shape index (κ1) is 23.7. The summed E-state index contributed by atoms with van der Waals surface area (Å²) in [6.07, 6.45) is 0.862. The van der Waals surface area contributed by atoms with Crippen molar-refractivity contribution in [2.24, 2.45) is 0 Å². The fourth-order valence-electron chi connectivity index (χ4n) is 3.33. The zero-order valence-corrected chi connectivity index (χ0v) is 20.4. The number of halogens is 3. The summed E-state index contributed by atoms with van der Waals surface area (Å²) < 4.78 is 7.04. The number of aromatic nitrogens is 1.